The molecule has 2 aliphatic carbocycles. The van der Waals surface area contributed by atoms with Crippen LogP contribution in [0.4, 0.5) is 5.69 Å². The highest BCUT2D eigenvalue weighted by atomic mass is 16.4. The molecule has 0 saturated carbocycles. The van der Waals surface area contributed by atoms with E-state index in [0.717, 1.165) is 11.0 Å². The van der Waals surface area contributed by atoms with Crippen LogP contribution < -0.4 is 21.0 Å². The number of hydrogen-bond donors (Lipinski definition) is 4. The number of carboxylic acids is 2. The highest BCUT2D eigenvalue weighted by molar-refractivity contribution is 6.10. The molecular formula is C46H35N3O9. The van der Waals surface area contributed by atoms with E-state index in [1.807, 2.05) is 62.3 Å². The SMILES string of the molecule is CCN=c1ccc2c(-c3ccc(C(=O)NCc4ccc(-c5c6ccc(=O)cc-6oc6cc(O)ccc56)c(C(=O)O)c4)cc3C(=O)O)c3ccc(N(C)C)cc3oc-2c1. The molecule has 0 unspecified atom stereocenters. The number of rotatable bonds is 9. The number of phenols is 1. The summed E-state index contributed by atoms with van der Waals surface area (Å²) in [5, 5.41) is 35.8. The molecular weight excluding hydrogens is 739 g/mol. The van der Waals surface area contributed by atoms with Crippen LogP contribution in [0.25, 0.3) is 66.8 Å². The van der Waals surface area contributed by atoms with E-state index >= 15 is 0 Å². The summed E-state index contributed by atoms with van der Waals surface area (Å²) >= 11 is 0. The van der Waals surface area contributed by atoms with Crippen molar-refractivity contribution in [2.45, 2.75) is 13.5 Å². The Morgan fingerprint density at radius 3 is 1.95 bits per heavy atom. The Bertz CT molecular complexity index is 3050. The van der Waals surface area contributed by atoms with E-state index in [1.165, 1.54) is 36.4 Å². The molecule has 4 N–H and O–H groups in total. The average molecular weight is 774 g/mol. The Hall–Kier alpha value is -7.73. The van der Waals surface area contributed by atoms with Crippen molar-refractivity contribution in [3.63, 3.8) is 0 Å². The molecule has 0 fully saturated rings. The summed E-state index contributed by atoms with van der Waals surface area (Å²) in [6, 6.07) is 29.2. The number of phenolic OH excluding ortho intramolecular Hbond substituents is 1. The van der Waals surface area contributed by atoms with Gasteiger partial charge in [0.15, 0.2) is 5.43 Å². The van der Waals surface area contributed by atoms with Gasteiger partial charge in [-0.05, 0) is 90.3 Å². The maximum atomic E-state index is 13.6. The zero-order valence-corrected chi connectivity index (χ0v) is 31.5. The van der Waals surface area contributed by atoms with Gasteiger partial charge >= 0.3 is 11.9 Å². The molecule has 2 aliphatic heterocycles. The lowest BCUT2D eigenvalue weighted by Gasteiger charge is -2.19. The van der Waals surface area contributed by atoms with Gasteiger partial charge in [-0.3, -0.25) is 14.6 Å². The monoisotopic (exact) mass is 773 g/mol. The largest absolute Gasteiger partial charge is 0.508 e. The van der Waals surface area contributed by atoms with Crippen LogP contribution in [0, 0.1) is 0 Å². The van der Waals surface area contributed by atoms with Gasteiger partial charge in [0.25, 0.3) is 5.91 Å². The van der Waals surface area contributed by atoms with Gasteiger partial charge in [0, 0.05) is 95.7 Å². The summed E-state index contributed by atoms with van der Waals surface area (Å²) in [5.41, 5.74) is 4.83. The number of aromatic hydroxyl groups is 1. The molecule has 0 saturated heterocycles. The molecule has 0 bridgehead atoms. The maximum absolute atomic E-state index is 13.6. The minimum Gasteiger partial charge on any atom is -0.508 e. The Balaban J connectivity index is 1.15. The van der Waals surface area contributed by atoms with Crippen LogP contribution in [0.5, 0.6) is 5.75 Å². The predicted molar refractivity (Wildman–Crippen MR) is 220 cm³/mol. The van der Waals surface area contributed by atoms with E-state index in [-0.39, 0.29) is 45.8 Å². The number of hydrogen-bond acceptors (Lipinski definition) is 9. The van der Waals surface area contributed by atoms with E-state index in [4.69, 9.17) is 8.83 Å². The van der Waals surface area contributed by atoms with Gasteiger partial charge in [0.2, 0.25) is 0 Å². The Labute approximate surface area is 330 Å². The fourth-order valence-electron chi connectivity index (χ4n) is 7.33. The molecule has 58 heavy (non-hydrogen) atoms. The highest BCUT2D eigenvalue weighted by Crippen LogP contribution is 2.44. The minimum atomic E-state index is -1.23. The second-order valence-corrected chi connectivity index (χ2v) is 14.0. The third-order valence-corrected chi connectivity index (χ3v) is 10.0. The number of aromatic carboxylic acids is 2. The number of benzene rings is 6. The van der Waals surface area contributed by atoms with Gasteiger partial charge in [0.1, 0.15) is 28.4 Å². The minimum absolute atomic E-state index is 0.0660. The maximum Gasteiger partial charge on any atom is 0.336 e. The first kappa shape index (κ1) is 37.2. The second kappa shape index (κ2) is 14.7. The smallest absolute Gasteiger partial charge is 0.336 e. The van der Waals surface area contributed by atoms with Crippen molar-refractivity contribution in [1.29, 1.82) is 0 Å². The summed E-state index contributed by atoms with van der Waals surface area (Å²) in [6.45, 7) is 2.44. The molecule has 1 amide bonds. The number of nitrogens with zero attached hydrogens (tertiary/aromatic N) is 2. The first-order valence-corrected chi connectivity index (χ1v) is 18.3. The number of fused-ring (bicyclic) bond motifs is 4. The van der Waals surface area contributed by atoms with Gasteiger partial charge in [0.05, 0.1) is 16.5 Å². The fourth-order valence-corrected chi connectivity index (χ4v) is 7.33. The van der Waals surface area contributed by atoms with Gasteiger partial charge in [-0.25, -0.2) is 9.59 Å². The van der Waals surface area contributed by atoms with Gasteiger partial charge in [-0.15, -0.1) is 0 Å². The van der Waals surface area contributed by atoms with Crippen LogP contribution in [0.1, 0.15) is 43.6 Å². The van der Waals surface area contributed by atoms with Gasteiger partial charge in [-0.1, -0.05) is 18.2 Å². The van der Waals surface area contributed by atoms with Crippen molar-refractivity contribution in [1.82, 2.24) is 5.32 Å². The van der Waals surface area contributed by atoms with Crippen molar-refractivity contribution in [2.24, 2.45) is 4.99 Å². The third kappa shape index (κ3) is 6.76. The zero-order valence-electron chi connectivity index (χ0n) is 31.5. The Morgan fingerprint density at radius 2 is 1.28 bits per heavy atom. The molecule has 8 rings (SSSR count). The van der Waals surface area contributed by atoms with Crippen LogP contribution in [0.2, 0.25) is 0 Å². The number of carbonyl (C=O) groups is 3. The molecule has 0 atom stereocenters. The molecule has 4 aromatic rings. The van der Waals surface area contributed by atoms with Gasteiger partial charge < -0.3 is 34.4 Å². The fraction of sp³-hybridized carbons (Fsp3) is 0.109. The van der Waals surface area contributed by atoms with Crippen LogP contribution in [-0.2, 0) is 6.54 Å². The first-order chi connectivity index (χ1) is 27.9. The predicted octanol–water partition coefficient (Wildman–Crippen LogP) is 8.10. The van der Waals surface area contributed by atoms with E-state index in [9.17, 15) is 34.5 Å². The lowest BCUT2D eigenvalue weighted by Crippen LogP contribution is -2.23. The van der Waals surface area contributed by atoms with E-state index in [1.54, 1.807) is 36.4 Å². The third-order valence-electron chi connectivity index (χ3n) is 10.0. The molecule has 12 nitrogen and oxygen atoms in total. The number of nitrogens with one attached hydrogen (secondary N) is 1. The molecule has 2 heterocycles. The number of carbonyl (C=O) groups excluding carboxylic acids is 1. The van der Waals surface area contributed by atoms with E-state index in [2.05, 4.69) is 10.3 Å². The molecule has 288 valence electrons. The Kier molecular flexibility index (Phi) is 9.45. The van der Waals surface area contributed by atoms with Crippen molar-refractivity contribution in [3.05, 3.63) is 147 Å². The molecule has 0 spiro atoms. The van der Waals surface area contributed by atoms with Gasteiger partial charge in [-0.2, -0.15) is 0 Å². The van der Waals surface area contributed by atoms with E-state index < -0.39 is 17.8 Å². The molecule has 12 heteroatoms. The molecule has 4 aromatic carbocycles. The highest BCUT2D eigenvalue weighted by Gasteiger charge is 2.25. The van der Waals surface area contributed by atoms with Crippen molar-refractivity contribution in [3.8, 4) is 50.7 Å². The van der Waals surface area contributed by atoms with E-state index in [0.29, 0.717) is 67.6 Å². The molecule has 0 aromatic heterocycles. The van der Waals surface area contributed by atoms with Crippen LogP contribution in [0.3, 0.4) is 0 Å². The Morgan fingerprint density at radius 1 is 0.672 bits per heavy atom. The lowest BCUT2D eigenvalue weighted by atomic mass is 9.89. The summed E-state index contributed by atoms with van der Waals surface area (Å²) in [5.74, 6) is -2.34. The molecule has 0 radical (unpaired) electrons. The first-order valence-electron chi connectivity index (χ1n) is 18.3. The number of amides is 1. The van der Waals surface area contributed by atoms with Crippen molar-refractivity contribution in [2.75, 3.05) is 25.5 Å². The summed E-state index contributed by atoms with van der Waals surface area (Å²) < 4.78 is 12.3. The molecule has 4 aliphatic rings. The summed E-state index contributed by atoms with van der Waals surface area (Å²) in [7, 11) is 3.83. The normalized spacial score (nSPS) is 11.7. The van der Waals surface area contributed by atoms with Crippen LogP contribution in [-0.4, -0.2) is 53.8 Å². The summed E-state index contributed by atoms with van der Waals surface area (Å²) in [6.07, 6.45) is 0. The number of anilines is 1. The zero-order chi connectivity index (χ0) is 40.8. The number of carboxylic acid groups (broad SMARTS) is 2. The summed E-state index contributed by atoms with van der Waals surface area (Å²) in [4.78, 5) is 57.9. The van der Waals surface area contributed by atoms with Crippen LogP contribution in [0.15, 0.2) is 128 Å². The standard InChI is InChI=1S/C46H35N3O9/c1-4-47-26-7-13-32-38(19-26)57-39-20-27(49(2)3)8-14-33(39)43(32)31-12-6-25(18-37(31)46(55)56)44(52)48-23-24-5-11-30(36(17-24)45(53)54)42-34-15-9-28(50)21-40(34)58-41-22-29(51)10-16-35(41)42/h5-22,50H,4,23H2,1-3H3,(H,48,52)(H,53,54)(H,55,56). The van der Waals surface area contributed by atoms with Crippen molar-refractivity contribution < 1.29 is 38.5 Å². The quantitative estimate of drug-likeness (QED) is 0.105. The second-order valence-electron chi connectivity index (χ2n) is 14.0. The average Bonchev–Trinajstić information content (AvgIpc) is 3.20. The van der Waals surface area contributed by atoms with Crippen LogP contribution >= 0.6 is 0 Å². The lowest BCUT2D eigenvalue weighted by molar-refractivity contribution is 0.0686. The topological polar surface area (TPSA) is 183 Å². The van der Waals surface area contributed by atoms with Crippen molar-refractivity contribution >= 4 is 45.5 Å².